The molecule has 1 aliphatic heterocycles. The normalized spacial score (nSPS) is 13.2. The van der Waals surface area contributed by atoms with E-state index in [9.17, 15) is 9.59 Å². The first-order chi connectivity index (χ1) is 21.3. The van der Waals surface area contributed by atoms with Crippen LogP contribution in [-0.4, -0.2) is 180 Å². The molecule has 15 heteroatoms. The van der Waals surface area contributed by atoms with Gasteiger partial charge in [-0.1, -0.05) is 0 Å². The van der Waals surface area contributed by atoms with Crippen LogP contribution in [0.25, 0.3) is 0 Å². The molecule has 1 aliphatic rings. The Morgan fingerprint density at radius 2 is 0.581 bits per heavy atom. The fourth-order valence-electron chi connectivity index (χ4n) is 3.17. The summed E-state index contributed by atoms with van der Waals surface area (Å²) in [5.74, 6) is -0.616. The van der Waals surface area contributed by atoms with Crippen LogP contribution in [0.3, 0.4) is 0 Å². The fraction of sp³-hybridized carbons (Fsp3) is 0.857. The standard InChI is InChI=1S/C28H51NO14/c30-4-6-34-8-10-36-12-14-38-16-18-40-20-22-42-24-26-43-25-23-41-21-19-39-17-15-37-13-11-35-9-7-33-5-3-29-27(31)1-2-28(29)32/h1-2,30H,3-26H2. The third-order valence-electron chi connectivity index (χ3n) is 5.32. The van der Waals surface area contributed by atoms with Gasteiger partial charge in [0.15, 0.2) is 0 Å². The number of carbonyl (C=O) groups is 2. The van der Waals surface area contributed by atoms with Crippen molar-refractivity contribution in [3.8, 4) is 0 Å². The van der Waals surface area contributed by atoms with E-state index in [1.165, 1.54) is 12.2 Å². The number of carbonyl (C=O) groups excluding carboxylic acids is 2. The van der Waals surface area contributed by atoms with Gasteiger partial charge in [0.2, 0.25) is 0 Å². The molecule has 0 aromatic carbocycles. The summed E-state index contributed by atoms with van der Waals surface area (Å²) in [7, 11) is 0. The summed E-state index contributed by atoms with van der Waals surface area (Å²) < 4.78 is 59.2. The number of nitrogens with zero attached hydrogens (tertiary/aromatic N) is 1. The molecule has 0 fully saturated rings. The highest BCUT2D eigenvalue weighted by atomic mass is 16.6. The van der Waals surface area contributed by atoms with Crippen LogP contribution in [-0.2, 0) is 61.7 Å². The van der Waals surface area contributed by atoms with Crippen molar-refractivity contribution in [3.05, 3.63) is 12.2 Å². The van der Waals surface area contributed by atoms with Crippen LogP contribution >= 0.6 is 0 Å². The summed E-state index contributed by atoms with van der Waals surface area (Å²) >= 11 is 0. The molecule has 0 atom stereocenters. The predicted molar refractivity (Wildman–Crippen MR) is 152 cm³/mol. The van der Waals surface area contributed by atoms with Crippen LogP contribution in [0, 0.1) is 0 Å². The van der Waals surface area contributed by atoms with Gasteiger partial charge in [-0.3, -0.25) is 14.5 Å². The van der Waals surface area contributed by atoms with E-state index >= 15 is 0 Å². The van der Waals surface area contributed by atoms with E-state index in [0.717, 1.165) is 4.90 Å². The van der Waals surface area contributed by atoms with E-state index in [2.05, 4.69) is 0 Å². The van der Waals surface area contributed by atoms with Crippen LogP contribution in [0.5, 0.6) is 0 Å². The predicted octanol–water partition coefficient (Wildman–Crippen LogP) is -0.914. The summed E-state index contributed by atoms with van der Waals surface area (Å²) in [5, 5.41) is 8.57. The van der Waals surface area contributed by atoms with Crippen molar-refractivity contribution < 1.29 is 66.8 Å². The van der Waals surface area contributed by atoms with Gasteiger partial charge in [0.25, 0.3) is 11.8 Å². The van der Waals surface area contributed by atoms with E-state index in [1.54, 1.807) is 0 Å². The maximum Gasteiger partial charge on any atom is 0.253 e. The lowest BCUT2D eigenvalue weighted by Crippen LogP contribution is -2.33. The van der Waals surface area contributed by atoms with Crippen LogP contribution in [0.2, 0.25) is 0 Å². The lowest BCUT2D eigenvalue weighted by atomic mass is 10.5. The smallest absolute Gasteiger partial charge is 0.253 e. The SMILES string of the molecule is O=C1C=CC(=O)N1CCOCCOCCOCCOCCOCCOCCOCCOCCOCCOCCOCCO. The highest BCUT2D eigenvalue weighted by Crippen LogP contribution is 2.02. The van der Waals surface area contributed by atoms with Crippen molar-refractivity contribution in [2.24, 2.45) is 0 Å². The molecule has 0 bridgehead atoms. The molecule has 0 saturated heterocycles. The molecule has 252 valence electrons. The van der Waals surface area contributed by atoms with Crippen LogP contribution in [0.4, 0.5) is 0 Å². The molecule has 2 amide bonds. The Labute approximate surface area is 254 Å². The summed E-state index contributed by atoms with van der Waals surface area (Å²) in [6.45, 7) is 10.3. The van der Waals surface area contributed by atoms with Crippen molar-refractivity contribution >= 4 is 11.8 Å². The molecule has 0 spiro atoms. The molecule has 1 N–H and O–H groups in total. The molecular formula is C28H51NO14. The van der Waals surface area contributed by atoms with Crippen molar-refractivity contribution in [1.82, 2.24) is 4.90 Å². The van der Waals surface area contributed by atoms with Gasteiger partial charge in [0, 0.05) is 12.2 Å². The minimum atomic E-state index is -0.308. The molecule has 15 nitrogen and oxygen atoms in total. The second-order valence-corrected chi connectivity index (χ2v) is 8.62. The highest BCUT2D eigenvalue weighted by Gasteiger charge is 2.22. The fourth-order valence-corrected chi connectivity index (χ4v) is 3.17. The number of hydrogen-bond donors (Lipinski definition) is 1. The minimum absolute atomic E-state index is 0.0198. The Morgan fingerprint density at radius 1 is 0.372 bits per heavy atom. The first-order valence-corrected chi connectivity index (χ1v) is 14.7. The quantitative estimate of drug-likeness (QED) is 0.0681. The van der Waals surface area contributed by atoms with Crippen molar-refractivity contribution in [2.45, 2.75) is 0 Å². The molecule has 0 saturated carbocycles. The molecule has 1 rings (SSSR count). The Bertz CT molecular complexity index is 651. The lowest BCUT2D eigenvalue weighted by molar-refractivity contribution is -0.137. The summed E-state index contributed by atoms with van der Waals surface area (Å²) in [6, 6.07) is 0. The lowest BCUT2D eigenvalue weighted by Gasteiger charge is -2.13. The van der Waals surface area contributed by atoms with Crippen molar-refractivity contribution in [1.29, 1.82) is 0 Å². The molecule has 0 radical (unpaired) electrons. The summed E-state index contributed by atoms with van der Waals surface area (Å²) in [6.07, 6.45) is 2.51. The summed E-state index contributed by atoms with van der Waals surface area (Å²) in [4.78, 5) is 23.9. The van der Waals surface area contributed by atoms with E-state index < -0.39 is 0 Å². The molecule has 1 heterocycles. The van der Waals surface area contributed by atoms with E-state index in [4.69, 9.17) is 57.2 Å². The monoisotopic (exact) mass is 625 g/mol. The van der Waals surface area contributed by atoms with Crippen LogP contribution in [0.1, 0.15) is 0 Å². The van der Waals surface area contributed by atoms with Gasteiger partial charge in [0.1, 0.15) is 0 Å². The largest absolute Gasteiger partial charge is 0.394 e. The van der Waals surface area contributed by atoms with Gasteiger partial charge in [-0.2, -0.15) is 0 Å². The van der Waals surface area contributed by atoms with Gasteiger partial charge in [0.05, 0.1) is 159 Å². The molecule has 43 heavy (non-hydrogen) atoms. The number of aliphatic hydroxyl groups is 1. The maximum atomic E-state index is 11.4. The Morgan fingerprint density at radius 3 is 0.814 bits per heavy atom. The average molecular weight is 626 g/mol. The topological polar surface area (TPSA) is 159 Å². The van der Waals surface area contributed by atoms with Gasteiger partial charge in [-0.05, 0) is 0 Å². The second kappa shape index (κ2) is 31.8. The first-order valence-electron chi connectivity index (χ1n) is 14.7. The number of hydrogen-bond acceptors (Lipinski definition) is 14. The third-order valence-corrected chi connectivity index (χ3v) is 5.32. The second-order valence-electron chi connectivity index (χ2n) is 8.62. The van der Waals surface area contributed by atoms with Crippen molar-refractivity contribution in [2.75, 3.05) is 159 Å². The number of rotatable bonds is 35. The van der Waals surface area contributed by atoms with Gasteiger partial charge >= 0.3 is 0 Å². The first kappa shape index (κ1) is 39.4. The Kier molecular flexibility index (Phi) is 29.2. The maximum absolute atomic E-state index is 11.4. The van der Waals surface area contributed by atoms with E-state index in [1.807, 2.05) is 0 Å². The van der Waals surface area contributed by atoms with Crippen molar-refractivity contribution in [3.63, 3.8) is 0 Å². The summed E-state index contributed by atoms with van der Waals surface area (Å²) in [5.41, 5.74) is 0. The zero-order valence-electron chi connectivity index (χ0n) is 25.3. The molecule has 0 unspecified atom stereocenters. The third kappa shape index (κ3) is 26.5. The highest BCUT2D eigenvalue weighted by molar-refractivity contribution is 6.12. The number of amides is 2. The van der Waals surface area contributed by atoms with Gasteiger partial charge < -0.3 is 57.2 Å². The van der Waals surface area contributed by atoms with Gasteiger partial charge in [-0.15, -0.1) is 0 Å². The minimum Gasteiger partial charge on any atom is -0.394 e. The van der Waals surface area contributed by atoms with E-state index in [-0.39, 0.29) is 31.6 Å². The molecule has 0 aliphatic carbocycles. The number of imide groups is 1. The average Bonchev–Trinajstić information content (AvgIpc) is 3.33. The van der Waals surface area contributed by atoms with Crippen LogP contribution in [0.15, 0.2) is 12.2 Å². The number of aliphatic hydroxyl groups excluding tert-OH is 1. The number of ether oxygens (including phenoxy) is 11. The molecule has 0 aromatic heterocycles. The van der Waals surface area contributed by atoms with Crippen LogP contribution < -0.4 is 0 Å². The van der Waals surface area contributed by atoms with Gasteiger partial charge in [-0.25, -0.2) is 0 Å². The zero-order chi connectivity index (χ0) is 30.9. The molecular weight excluding hydrogens is 574 g/mol. The zero-order valence-corrected chi connectivity index (χ0v) is 25.3. The van der Waals surface area contributed by atoms with E-state index in [0.29, 0.717) is 139 Å². The molecule has 0 aromatic rings. The Hall–Kier alpha value is -1.60. The Balaban J connectivity index is 1.62.